The lowest BCUT2D eigenvalue weighted by atomic mass is 10.1. The summed E-state index contributed by atoms with van der Waals surface area (Å²) in [6.45, 7) is 0. The first kappa shape index (κ1) is 12.1. The Balaban J connectivity index is 2.75. The number of hydrogen-bond acceptors (Lipinski definition) is 6. The molecule has 1 rings (SSSR count). The van der Waals surface area contributed by atoms with Crippen LogP contribution in [0.4, 0.5) is 9.59 Å². The molecule has 0 aliphatic heterocycles. The predicted octanol–water partition coefficient (Wildman–Crippen LogP) is 2.11. The molecule has 0 N–H and O–H groups in total. The molecule has 16 heavy (non-hydrogen) atoms. The highest BCUT2D eigenvalue weighted by molar-refractivity contribution is 5.64. The van der Waals surface area contributed by atoms with Gasteiger partial charge in [0.15, 0.2) is 11.5 Å². The summed E-state index contributed by atoms with van der Waals surface area (Å²) in [6, 6.07) is 0. The van der Waals surface area contributed by atoms with Crippen molar-refractivity contribution in [3.63, 3.8) is 0 Å². The molecule has 0 unspecified atom stereocenters. The van der Waals surface area contributed by atoms with Crippen molar-refractivity contribution in [3.8, 4) is 0 Å². The van der Waals surface area contributed by atoms with Crippen molar-refractivity contribution < 1.29 is 28.5 Å². The Morgan fingerprint density at radius 1 is 1.12 bits per heavy atom. The fourth-order valence-corrected chi connectivity index (χ4v) is 1.09. The highest BCUT2D eigenvalue weighted by Crippen LogP contribution is 2.21. The maximum absolute atomic E-state index is 10.9. The molecule has 0 atom stereocenters. The van der Waals surface area contributed by atoms with E-state index in [1.165, 1.54) is 14.2 Å². The van der Waals surface area contributed by atoms with Gasteiger partial charge in [-0.05, 0) is 12.5 Å². The van der Waals surface area contributed by atoms with E-state index >= 15 is 0 Å². The van der Waals surface area contributed by atoms with Gasteiger partial charge >= 0.3 is 12.3 Å². The predicted molar refractivity (Wildman–Crippen MR) is 52.4 cm³/mol. The van der Waals surface area contributed by atoms with E-state index in [4.69, 9.17) is 9.47 Å². The van der Waals surface area contributed by atoms with Gasteiger partial charge in [-0.1, -0.05) is 6.08 Å². The van der Waals surface area contributed by atoms with Crippen LogP contribution in [0.25, 0.3) is 0 Å². The van der Waals surface area contributed by atoms with Gasteiger partial charge in [0, 0.05) is 6.42 Å². The van der Waals surface area contributed by atoms with E-state index in [2.05, 4.69) is 9.47 Å². The lowest BCUT2D eigenvalue weighted by Crippen LogP contribution is -2.11. The van der Waals surface area contributed by atoms with Crippen LogP contribution in [0.3, 0.4) is 0 Å². The van der Waals surface area contributed by atoms with Crippen molar-refractivity contribution >= 4 is 12.3 Å². The number of allylic oxidation sites excluding steroid dienone is 3. The van der Waals surface area contributed by atoms with Crippen molar-refractivity contribution in [3.05, 3.63) is 23.7 Å². The van der Waals surface area contributed by atoms with Gasteiger partial charge in [0.25, 0.3) is 0 Å². The average molecular weight is 228 g/mol. The molecule has 1 aliphatic rings. The molecular weight excluding hydrogens is 216 g/mol. The maximum atomic E-state index is 10.9. The van der Waals surface area contributed by atoms with E-state index in [1.54, 1.807) is 12.2 Å². The molecule has 6 nitrogen and oxygen atoms in total. The molecule has 88 valence electrons. The van der Waals surface area contributed by atoms with E-state index in [0.29, 0.717) is 12.8 Å². The van der Waals surface area contributed by atoms with Crippen molar-refractivity contribution in [2.45, 2.75) is 12.8 Å². The summed E-state index contributed by atoms with van der Waals surface area (Å²) >= 11 is 0. The molecule has 6 heteroatoms. The van der Waals surface area contributed by atoms with E-state index in [1.807, 2.05) is 0 Å². The van der Waals surface area contributed by atoms with Crippen molar-refractivity contribution in [1.82, 2.24) is 0 Å². The summed E-state index contributed by atoms with van der Waals surface area (Å²) in [6.07, 6.45) is 2.77. The molecule has 0 amide bonds. The topological polar surface area (TPSA) is 71.1 Å². The van der Waals surface area contributed by atoms with Crippen LogP contribution in [-0.2, 0) is 18.9 Å². The SMILES string of the molecule is COC(=O)OC1=C(OC(=O)OC)CCC=C1. The van der Waals surface area contributed by atoms with Crippen LogP contribution >= 0.6 is 0 Å². The normalized spacial score (nSPS) is 14.4. The first-order valence-corrected chi connectivity index (χ1v) is 4.58. The van der Waals surface area contributed by atoms with Gasteiger partial charge < -0.3 is 18.9 Å². The number of methoxy groups -OCH3 is 2. The number of carbonyl (C=O) groups excluding carboxylic acids is 2. The summed E-state index contributed by atoms with van der Waals surface area (Å²) in [5.41, 5.74) is 0. The standard InChI is InChI=1S/C10H12O6/c1-13-9(11)15-7-5-3-4-6-8(7)16-10(12)14-2/h3,5H,4,6H2,1-2H3. The molecular formula is C10H12O6. The second-order valence-electron chi connectivity index (χ2n) is 2.84. The van der Waals surface area contributed by atoms with E-state index in [0.717, 1.165) is 0 Å². The first-order valence-electron chi connectivity index (χ1n) is 4.58. The van der Waals surface area contributed by atoms with Gasteiger partial charge in [-0.15, -0.1) is 0 Å². The summed E-state index contributed by atoms with van der Waals surface area (Å²) < 4.78 is 18.3. The Bertz CT molecular complexity index is 341. The molecule has 0 bridgehead atoms. The molecule has 0 fully saturated rings. The zero-order valence-electron chi connectivity index (χ0n) is 9.02. The molecule has 0 spiro atoms. The van der Waals surface area contributed by atoms with Gasteiger partial charge in [0.1, 0.15) is 0 Å². The quantitative estimate of drug-likeness (QED) is 0.674. The van der Waals surface area contributed by atoms with Crippen LogP contribution in [0.5, 0.6) is 0 Å². The van der Waals surface area contributed by atoms with Gasteiger partial charge in [-0.25, -0.2) is 9.59 Å². The zero-order chi connectivity index (χ0) is 12.0. The molecule has 0 saturated carbocycles. The van der Waals surface area contributed by atoms with Crippen LogP contribution in [0.15, 0.2) is 23.7 Å². The number of hydrogen-bond donors (Lipinski definition) is 0. The lowest BCUT2D eigenvalue weighted by molar-refractivity contribution is 0.0777. The fraction of sp³-hybridized carbons (Fsp3) is 0.400. The Kier molecular flexibility index (Phi) is 4.38. The zero-order valence-corrected chi connectivity index (χ0v) is 9.02. The molecule has 0 aromatic carbocycles. The molecule has 1 aliphatic carbocycles. The summed E-state index contributed by atoms with van der Waals surface area (Å²) in [5.74, 6) is 0.406. The summed E-state index contributed by atoms with van der Waals surface area (Å²) in [5, 5.41) is 0. The fourth-order valence-electron chi connectivity index (χ4n) is 1.09. The van der Waals surface area contributed by atoms with Crippen molar-refractivity contribution in [2.24, 2.45) is 0 Å². The van der Waals surface area contributed by atoms with Crippen LogP contribution in [0.1, 0.15) is 12.8 Å². The minimum Gasteiger partial charge on any atom is -0.437 e. The second-order valence-corrected chi connectivity index (χ2v) is 2.84. The Morgan fingerprint density at radius 3 is 2.38 bits per heavy atom. The van der Waals surface area contributed by atoms with Crippen molar-refractivity contribution in [2.75, 3.05) is 14.2 Å². The average Bonchev–Trinajstić information content (AvgIpc) is 2.31. The molecule has 0 heterocycles. The summed E-state index contributed by atoms with van der Waals surface area (Å²) in [7, 11) is 2.39. The molecule has 0 saturated heterocycles. The first-order chi connectivity index (χ1) is 7.67. The third kappa shape index (κ3) is 3.30. The van der Waals surface area contributed by atoms with Gasteiger partial charge in [-0.3, -0.25) is 0 Å². The van der Waals surface area contributed by atoms with Crippen molar-refractivity contribution in [1.29, 1.82) is 0 Å². The maximum Gasteiger partial charge on any atom is 0.513 e. The Labute approximate surface area is 92.4 Å². The largest absolute Gasteiger partial charge is 0.513 e. The van der Waals surface area contributed by atoms with E-state index in [9.17, 15) is 9.59 Å². The van der Waals surface area contributed by atoms with Gasteiger partial charge in [-0.2, -0.15) is 0 Å². The molecule has 0 radical (unpaired) electrons. The minimum absolute atomic E-state index is 0.156. The Morgan fingerprint density at radius 2 is 1.75 bits per heavy atom. The number of rotatable bonds is 2. The highest BCUT2D eigenvalue weighted by atomic mass is 16.7. The van der Waals surface area contributed by atoms with Crippen LogP contribution < -0.4 is 0 Å². The second kappa shape index (κ2) is 5.79. The third-order valence-corrected chi connectivity index (χ3v) is 1.82. The number of ether oxygens (including phenoxy) is 4. The third-order valence-electron chi connectivity index (χ3n) is 1.82. The number of carbonyl (C=O) groups is 2. The monoisotopic (exact) mass is 228 g/mol. The van der Waals surface area contributed by atoms with Gasteiger partial charge in [0.05, 0.1) is 14.2 Å². The minimum atomic E-state index is -0.868. The molecule has 0 aromatic rings. The van der Waals surface area contributed by atoms with E-state index in [-0.39, 0.29) is 11.5 Å². The Hall–Kier alpha value is -1.98. The molecule has 0 aromatic heterocycles. The van der Waals surface area contributed by atoms with Crippen LogP contribution in [0, 0.1) is 0 Å². The van der Waals surface area contributed by atoms with Crippen LogP contribution in [0.2, 0.25) is 0 Å². The van der Waals surface area contributed by atoms with Gasteiger partial charge in [0.2, 0.25) is 0 Å². The lowest BCUT2D eigenvalue weighted by Gasteiger charge is -2.13. The smallest absolute Gasteiger partial charge is 0.437 e. The van der Waals surface area contributed by atoms with Crippen LogP contribution in [-0.4, -0.2) is 26.5 Å². The van der Waals surface area contributed by atoms with E-state index < -0.39 is 12.3 Å². The summed E-state index contributed by atoms with van der Waals surface area (Å²) in [4.78, 5) is 21.8. The highest BCUT2D eigenvalue weighted by Gasteiger charge is 2.18.